The molecule has 0 radical (unpaired) electrons. The van der Waals surface area contributed by atoms with E-state index in [9.17, 15) is 14.4 Å². The lowest BCUT2D eigenvalue weighted by atomic mass is 9.96. The van der Waals surface area contributed by atoms with Gasteiger partial charge in [0, 0.05) is 19.0 Å². The van der Waals surface area contributed by atoms with Gasteiger partial charge >= 0.3 is 0 Å². The molecular formula is C13H17N3O3S. The van der Waals surface area contributed by atoms with E-state index < -0.39 is 0 Å². The van der Waals surface area contributed by atoms with Crippen molar-refractivity contribution >= 4 is 29.1 Å². The molecule has 1 saturated heterocycles. The third-order valence-electron chi connectivity index (χ3n) is 3.40. The smallest absolute Gasteiger partial charge is 0.261 e. The number of nitrogens with zero attached hydrogens (tertiary/aromatic N) is 1. The molecule has 108 valence electrons. The standard InChI is InChI=1S/C13H17N3O3S/c14-12(18)9-3-5-16(6-4-9)11(17)8-15-13(19)10-2-1-7-20-10/h1-2,7,9H,3-6,8H2,(H2,14,18)(H,15,19). The second-order valence-electron chi connectivity index (χ2n) is 4.72. The Kier molecular flexibility index (Phi) is 4.73. The van der Waals surface area contributed by atoms with Crippen LogP contribution in [0.4, 0.5) is 0 Å². The van der Waals surface area contributed by atoms with Gasteiger partial charge in [0.2, 0.25) is 11.8 Å². The summed E-state index contributed by atoms with van der Waals surface area (Å²) in [5.74, 6) is -0.805. The molecule has 3 amide bonds. The summed E-state index contributed by atoms with van der Waals surface area (Å²) >= 11 is 1.33. The van der Waals surface area contributed by atoms with Crippen molar-refractivity contribution in [2.75, 3.05) is 19.6 Å². The van der Waals surface area contributed by atoms with Gasteiger partial charge in [-0.2, -0.15) is 0 Å². The van der Waals surface area contributed by atoms with E-state index in [1.54, 1.807) is 17.0 Å². The van der Waals surface area contributed by atoms with Crippen molar-refractivity contribution in [3.63, 3.8) is 0 Å². The van der Waals surface area contributed by atoms with Gasteiger partial charge in [-0.3, -0.25) is 14.4 Å². The number of rotatable bonds is 4. The number of hydrogen-bond acceptors (Lipinski definition) is 4. The number of thiophene rings is 1. The molecule has 3 N–H and O–H groups in total. The normalized spacial score (nSPS) is 15.9. The van der Waals surface area contributed by atoms with E-state index in [4.69, 9.17) is 5.73 Å². The Morgan fingerprint density at radius 1 is 1.35 bits per heavy atom. The van der Waals surface area contributed by atoms with Gasteiger partial charge in [0.15, 0.2) is 0 Å². The third-order valence-corrected chi connectivity index (χ3v) is 4.26. The number of nitrogens with one attached hydrogen (secondary N) is 1. The van der Waals surface area contributed by atoms with Crippen LogP contribution in [0.1, 0.15) is 22.5 Å². The minimum absolute atomic E-state index is 0.0159. The highest BCUT2D eigenvalue weighted by atomic mass is 32.1. The molecule has 1 aromatic rings. The maximum absolute atomic E-state index is 11.9. The first kappa shape index (κ1) is 14.5. The molecule has 6 nitrogen and oxygen atoms in total. The average Bonchev–Trinajstić information content (AvgIpc) is 2.98. The van der Waals surface area contributed by atoms with Crippen LogP contribution in [0.5, 0.6) is 0 Å². The van der Waals surface area contributed by atoms with Crippen LogP contribution in [0, 0.1) is 5.92 Å². The predicted molar refractivity (Wildman–Crippen MR) is 75.2 cm³/mol. The Labute approximate surface area is 120 Å². The molecule has 1 fully saturated rings. The van der Waals surface area contributed by atoms with E-state index in [0.29, 0.717) is 30.8 Å². The van der Waals surface area contributed by atoms with E-state index in [-0.39, 0.29) is 30.2 Å². The van der Waals surface area contributed by atoms with Crippen molar-refractivity contribution in [3.05, 3.63) is 22.4 Å². The Balaban J connectivity index is 1.76. The average molecular weight is 295 g/mol. The minimum Gasteiger partial charge on any atom is -0.369 e. The molecule has 0 saturated carbocycles. The van der Waals surface area contributed by atoms with Gasteiger partial charge in [-0.25, -0.2) is 0 Å². The molecule has 20 heavy (non-hydrogen) atoms. The highest BCUT2D eigenvalue weighted by Crippen LogP contribution is 2.16. The largest absolute Gasteiger partial charge is 0.369 e. The van der Waals surface area contributed by atoms with Crippen LogP contribution in [0.2, 0.25) is 0 Å². The molecule has 0 spiro atoms. The van der Waals surface area contributed by atoms with Crippen LogP contribution < -0.4 is 11.1 Å². The lowest BCUT2D eigenvalue weighted by Crippen LogP contribution is -2.45. The lowest BCUT2D eigenvalue weighted by molar-refractivity contribution is -0.133. The Hall–Kier alpha value is -1.89. The number of nitrogens with two attached hydrogens (primary N) is 1. The zero-order valence-electron chi connectivity index (χ0n) is 11.0. The van der Waals surface area contributed by atoms with E-state index >= 15 is 0 Å². The van der Waals surface area contributed by atoms with Gasteiger partial charge in [-0.15, -0.1) is 11.3 Å². The Morgan fingerprint density at radius 3 is 2.60 bits per heavy atom. The molecule has 2 heterocycles. The van der Waals surface area contributed by atoms with E-state index in [1.165, 1.54) is 11.3 Å². The molecule has 0 aromatic carbocycles. The van der Waals surface area contributed by atoms with E-state index in [0.717, 1.165) is 0 Å². The number of carbonyl (C=O) groups excluding carboxylic acids is 3. The van der Waals surface area contributed by atoms with Crippen LogP contribution in [0.15, 0.2) is 17.5 Å². The summed E-state index contributed by atoms with van der Waals surface area (Å²) < 4.78 is 0. The number of hydrogen-bond donors (Lipinski definition) is 2. The van der Waals surface area contributed by atoms with Gasteiger partial charge < -0.3 is 16.0 Å². The molecule has 1 aliphatic rings. The molecule has 1 aromatic heterocycles. The summed E-state index contributed by atoms with van der Waals surface area (Å²) in [6.07, 6.45) is 1.19. The summed E-state index contributed by atoms with van der Waals surface area (Å²) in [7, 11) is 0. The number of carbonyl (C=O) groups is 3. The van der Waals surface area contributed by atoms with Crippen molar-refractivity contribution in [2.24, 2.45) is 11.7 Å². The second kappa shape index (κ2) is 6.51. The van der Waals surface area contributed by atoms with Crippen molar-refractivity contribution in [1.29, 1.82) is 0 Å². The molecule has 0 aliphatic carbocycles. The summed E-state index contributed by atoms with van der Waals surface area (Å²) in [6.45, 7) is 1.01. The fourth-order valence-electron chi connectivity index (χ4n) is 2.18. The minimum atomic E-state index is -0.303. The molecule has 0 bridgehead atoms. The zero-order valence-corrected chi connectivity index (χ0v) is 11.8. The number of likely N-dealkylation sites (tertiary alicyclic amines) is 1. The van der Waals surface area contributed by atoms with Crippen molar-refractivity contribution in [3.8, 4) is 0 Å². The maximum atomic E-state index is 11.9. The van der Waals surface area contributed by atoms with Crippen molar-refractivity contribution < 1.29 is 14.4 Å². The van der Waals surface area contributed by atoms with Gasteiger partial charge in [-0.1, -0.05) is 6.07 Å². The van der Waals surface area contributed by atoms with Crippen LogP contribution in [-0.2, 0) is 9.59 Å². The maximum Gasteiger partial charge on any atom is 0.261 e. The first-order chi connectivity index (χ1) is 9.58. The molecular weight excluding hydrogens is 278 g/mol. The van der Waals surface area contributed by atoms with Crippen LogP contribution in [0.3, 0.4) is 0 Å². The second-order valence-corrected chi connectivity index (χ2v) is 5.67. The Bertz CT molecular complexity index is 493. The monoisotopic (exact) mass is 295 g/mol. The predicted octanol–water partition coefficient (Wildman–Crippen LogP) is 0.202. The van der Waals surface area contributed by atoms with Crippen LogP contribution in [0.25, 0.3) is 0 Å². The third kappa shape index (κ3) is 3.57. The first-order valence-corrected chi connectivity index (χ1v) is 7.34. The van der Waals surface area contributed by atoms with Crippen molar-refractivity contribution in [2.45, 2.75) is 12.8 Å². The molecule has 2 rings (SSSR count). The summed E-state index contributed by atoms with van der Waals surface area (Å²) in [4.78, 5) is 36.9. The SMILES string of the molecule is NC(=O)C1CCN(C(=O)CNC(=O)c2cccs2)CC1. The quantitative estimate of drug-likeness (QED) is 0.831. The number of amides is 3. The molecule has 0 atom stereocenters. The fraction of sp³-hybridized carbons (Fsp3) is 0.462. The summed E-state index contributed by atoms with van der Waals surface area (Å²) in [5.41, 5.74) is 5.24. The molecule has 7 heteroatoms. The topological polar surface area (TPSA) is 92.5 Å². The fourth-order valence-corrected chi connectivity index (χ4v) is 2.82. The highest BCUT2D eigenvalue weighted by Gasteiger charge is 2.25. The Morgan fingerprint density at radius 2 is 2.05 bits per heavy atom. The van der Waals surface area contributed by atoms with Crippen LogP contribution >= 0.6 is 11.3 Å². The zero-order chi connectivity index (χ0) is 14.5. The molecule has 0 unspecified atom stereocenters. The first-order valence-electron chi connectivity index (χ1n) is 6.46. The number of piperidine rings is 1. The molecule has 1 aliphatic heterocycles. The van der Waals surface area contributed by atoms with Crippen molar-refractivity contribution in [1.82, 2.24) is 10.2 Å². The number of primary amides is 1. The van der Waals surface area contributed by atoms with E-state index in [1.807, 2.05) is 5.38 Å². The highest BCUT2D eigenvalue weighted by molar-refractivity contribution is 7.12. The van der Waals surface area contributed by atoms with Crippen LogP contribution in [-0.4, -0.2) is 42.3 Å². The van der Waals surface area contributed by atoms with E-state index in [2.05, 4.69) is 5.32 Å². The summed E-state index contributed by atoms with van der Waals surface area (Å²) in [5, 5.41) is 4.42. The van der Waals surface area contributed by atoms with Gasteiger partial charge in [0.1, 0.15) is 0 Å². The summed E-state index contributed by atoms with van der Waals surface area (Å²) in [6, 6.07) is 3.50. The lowest BCUT2D eigenvalue weighted by Gasteiger charge is -2.30. The van der Waals surface area contributed by atoms with Gasteiger partial charge in [0.05, 0.1) is 11.4 Å². The van der Waals surface area contributed by atoms with Gasteiger partial charge in [0.25, 0.3) is 5.91 Å². The van der Waals surface area contributed by atoms with Gasteiger partial charge in [-0.05, 0) is 24.3 Å².